The molecule has 0 saturated heterocycles. The summed E-state index contributed by atoms with van der Waals surface area (Å²) in [5.74, 6) is 0.487. The minimum atomic E-state index is -3.58. The number of sulfonamides is 1. The van der Waals surface area contributed by atoms with Gasteiger partial charge in [0.25, 0.3) is 11.8 Å². The maximum Gasteiger partial charge on any atom is 0.255 e. The second kappa shape index (κ2) is 13.9. The van der Waals surface area contributed by atoms with E-state index >= 15 is 0 Å². The molecule has 2 amide bonds. The highest BCUT2D eigenvalue weighted by molar-refractivity contribution is 7.92. The number of para-hydroxylation sites is 1. The number of rotatable bonds is 12. The molecule has 0 unspecified atom stereocenters. The van der Waals surface area contributed by atoms with Gasteiger partial charge in [-0.3, -0.25) is 13.9 Å². The molecule has 0 aliphatic heterocycles. The van der Waals surface area contributed by atoms with E-state index in [9.17, 15) is 18.0 Å². The van der Waals surface area contributed by atoms with Crippen LogP contribution >= 0.6 is 0 Å². The molecule has 0 radical (unpaired) electrons. The van der Waals surface area contributed by atoms with Gasteiger partial charge in [-0.2, -0.15) is 0 Å². The summed E-state index contributed by atoms with van der Waals surface area (Å²) in [5, 5.41) is 5.70. The van der Waals surface area contributed by atoms with Crippen LogP contribution in [0.2, 0.25) is 0 Å². The Morgan fingerprint density at radius 2 is 1.44 bits per heavy atom. The van der Waals surface area contributed by atoms with Crippen LogP contribution in [0, 0.1) is 6.92 Å². The first-order chi connectivity index (χ1) is 20.6. The van der Waals surface area contributed by atoms with E-state index < -0.39 is 15.9 Å². The Hall–Kier alpha value is -4.83. The van der Waals surface area contributed by atoms with Crippen molar-refractivity contribution in [1.29, 1.82) is 0 Å². The average molecular weight is 602 g/mol. The molecule has 0 aliphatic carbocycles. The summed E-state index contributed by atoms with van der Waals surface area (Å²) in [6.45, 7) is 2.51. The minimum absolute atomic E-state index is 0.166. The van der Waals surface area contributed by atoms with Crippen LogP contribution in [0.15, 0.2) is 91.0 Å². The summed E-state index contributed by atoms with van der Waals surface area (Å²) < 4.78 is 37.0. The molecule has 0 aromatic heterocycles. The molecule has 4 rings (SSSR count). The molecule has 4 aromatic carbocycles. The minimum Gasteiger partial charge on any atom is -0.493 e. The van der Waals surface area contributed by atoms with Gasteiger partial charge in [0.2, 0.25) is 10.0 Å². The lowest BCUT2D eigenvalue weighted by Gasteiger charge is -2.23. The summed E-state index contributed by atoms with van der Waals surface area (Å²) in [5.41, 5.74) is 4.33. The number of carbonyl (C=O) groups is 2. The number of amides is 2. The van der Waals surface area contributed by atoms with E-state index in [0.717, 1.165) is 22.9 Å². The zero-order valence-corrected chi connectivity index (χ0v) is 25.4. The lowest BCUT2D eigenvalue weighted by Crippen LogP contribution is -2.29. The monoisotopic (exact) mass is 601 g/mol. The molecular weight excluding hydrogens is 566 g/mol. The number of hydrogen-bond donors (Lipinski definition) is 2. The van der Waals surface area contributed by atoms with Crippen molar-refractivity contribution in [3.05, 3.63) is 119 Å². The predicted molar refractivity (Wildman–Crippen MR) is 169 cm³/mol. The van der Waals surface area contributed by atoms with Crippen LogP contribution in [-0.4, -0.2) is 47.3 Å². The van der Waals surface area contributed by atoms with E-state index in [4.69, 9.17) is 9.47 Å². The number of methoxy groups -OCH3 is 2. The van der Waals surface area contributed by atoms with Crippen LogP contribution in [0.25, 0.3) is 0 Å². The molecule has 4 aromatic rings. The van der Waals surface area contributed by atoms with Gasteiger partial charge in [0.15, 0.2) is 11.5 Å². The fraction of sp³-hybridized carbons (Fsp3) is 0.212. The Morgan fingerprint density at radius 1 is 0.791 bits per heavy atom. The van der Waals surface area contributed by atoms with Crippen LogP contribution in [-0.2, 0) is 23.0 Å². The van der Waals surface area contributed by atoms with Crippen LogP contribution in [0.4, 0.5) is 11.4 Å². The standard InChI is InChI=1S/C33H35N3O6S/c1-23-9-11-25(12-10-23)22-36(43(4,39)40)27-16-14-26(15-17-27)32(37)35-29-8-6-5-7-28(29)33(38)34-20-19-24-13-18-30(41-2)31(21-24)42-3/h5-18,21H,19-20,22H2,1-4H3,(H,34,38)(H,35,37). The molecule has 2 N–H and O–H groups in total. The van der Waals surface area contributed by atoms with Crippen LogP contribution in [0.1, 0.15) is 37.4 Å². The SMILES string of the molecule is COc1ccc(CCNC(=O)c2ccccc2NC(=O)c2ccc(N(Cc3ccc(C)cc3)S(C)(=O)=O)cc2)cc1OC. The van der Waals surface area contributed by atoms with Gasteiger partial charge in [0, 0.05) is 12.1 Å². The Kier molecular flexibility index (Phi) is 10.0. The number of anilines is 2. The number of ether oxygens (including phenoxy) is 2. The molecule has 9 nitrogen and oxygen atoms in total. The van der Waals surface area contributed by atoms with E-state index in [1.165, 1.54) is 4.31 Å². The molecule has 0 spiro atoms. The van der Waals surface area contributed by atoms with Gasteiger partial charge in [-0.15, -0.1) is 0 Å². The van der Waals surface area contributed by atoms with Crippen molar-refractivity contribution >= 4 is 33.2 Å². The molecule has 10 heteroatoms. The van der Waals surface area contributed by atoms with Gasteiger partial charge in [-0.25, -0.2) is 8.42 Å². The Balaban J connectivity index is 1.41. The van der Waals surface area contributed by atoms with Gasteiger partial charge < -0.3 is 20.1 Å². The Bertz CT molecular complexity index is 1690. The second-order valence-corrected chi connectivity index (χ2v) is 11.9. The summed E-state index contributed by atoms with van der Waals surface area (Å²) in [6, 6.07) is 26.3. The van der Waals surface area contributed by atoms with Gasteiger partial charge in [-0.1, -0.05) is 48.0 Å². The molecule has 0 bridgehead atoms. The van der Waals surface area contributed by atoms with Crippen molar-refractivity contribution in [1.82, 2.24) is 5.32 Å². The molecule has 0 heterocycles. The van der Waals surface area contributed by atoms with Crippen molar-refractivity contribution in [2.24, 2.45) is 0 Å². The molecule has 0 aliphatic rings. The van der Waals surface area contributed by atoms with Gasteiger partial charge in [0.1, 0.15) is 0 Å². The number of hydrogen-bond acceptors (Lipinski definition) is 6. The van der Waals surface area contributed by atoms with Crippen molar-refractivity contribution in [2.75, 3.05) is 36.6 Å². The zero-order valence-electron chi connectivity index (χ0n) is 24.6. The first-order valence-corrected chi connectivity index (χ1v) is 15.5. The Labute approximate surface area is 252 Å². The number of benzene rings is 4. The van der Waals surface area contributed by atoms with Crippen molar-refractivity contribution in [3.63, 3.8) is 0 Å². The highest BCUT2D eigenvalue weighted by atomic mass is 32.2. The zero-order chi connectivity index (χ0) is 31.0. The number of carbonyl (C=O) groups excluding carboxylic acids is 2. The summed E-state index contributed by atoms with van der Waals surface area (Å²) in [6.07, 6.45) is 1.72. The van der Waals surface area contributed by atoms with Gasteiger partial charge in [-0.05, 0) is 73.0 Å². The topological polar surface area (TPSA) is 114 Å². The van der Waals surface area contributed by atoms with Gasteiger partial charge >= 0.3 is 0 Å². The molecular formula is C33H35N3O6S. The number of nitrogens with zero attached hydrogens (tertiary/aromatic N) is 1. The van der Waals surface area contributed by atoms with Crippen molar-refractivity contribution in [3.8, 4) is 11.5 Å². The molecule has 0 saturated carbocycles. The smallest absolute Gasteiger partial charge is 0.255 e. The third kappa shape index (κ3) is 8.14. The number of aryl methyl sites for hydroxylation is 1. The first-order valence-electron chi connectivity index (χ1n) is 13.6. The maximum absolute atomic E-state index is 13.1. The summed E-state index contributed by atoms with van der Waals surface area (Å²) in [4.78, 5) is 26.1. The fourth-order valence-corrected chi connectivity index (χ4v) is 5.36. The molecule has 0 atom stereocenters. The lowest BCUT2D eigenvalue weighted by molar-refractivity contribution is 0.0955. The van der Waals surface area contributed by atoms with Gasteiger partial charge in [0.05, 0.1) is 44.0 Å². The van der Waals surface area contributed by atoms with Crippen molar-refractivity contribution in [2.45, 2.75) is 19.9 Å². The largest absolute Gasteiger partial charge is 0.493 e. The second-order valence-electron chi connectivity index (χ2n) is 10.00. The quantitative estimate of drug-likeness (QED) is 0.231. The van der Waals surface area contributed by atoms with E-state index in [-0.39, 0.29) is 12.5 Å². The summed E-state index contributed by atoms with van der Waals surface area (Å²) >= 11 is 0. The Morgan fingerprint density at radius 3 is 2.09 bits per heavy atom. The maximum atomic E-state index is 13.1. The third-order valence-corrected chi connectivity index (χ3v) is 7.97. The fourth-order valence-electron chi connectivity index (χ4n) is 4.47. The highest BCUT2D eigenvalue weighted by Gasteiger charge is 2.19. The molecule has 43 heavy (non-hydrogen) atoms. The number of nitrogens with one attached hydrogen (secondary N) is 2. The van der Waals surface area contributed by atoms with Crippen LogP contribution in [0.3, 0.4) is 0 Å². The molecule has 0 fully saturated rings. The van der Waals surface area contributed by atoms with E-state index in [0.29, 0.717) is 47.0 Å². The third-order valence-electron chi connectivity index (χ3n) is 6.83. The van der Waals surface area contributed by atoms with E-state index in [2.05, 4.69) is 10.6 Å². The predicted octanol–water partition coefficient (Wildman–Crippen LogP) is 5.20. The summed E-state index contributed by atoms with van der Waals surface area (Å²) in [7, 11) is -0.437. The normalized spacial score (nSPS) is 11.0. The average Bonchev–Trinajstić information content (AvgIpc) is 3.00. The lowest BCUT2D eigenvalue weighted by atomic mass is 10.1. The van der Waals surface area contributed by atoms with E-state index in [1.54, 1.807) is 62.8 Å². The van der Waals surface area contributed by atoms with Crippen molar-refractivity contribution < 1.29 is 27.5 Å². The van der Waals surface area contributed by atoms with Crippen LogP contribution in [0.5, 0.6) is 11.5 Å². The first kappa shape index (κ1) is 31.1. The molecule has 224 valence electrons. The van der Waals surface area contributed by atoms with E-state index in [1.807, 2.05) is 49.4 Å². The highest BCUT2D eigenvalue weighted by Crippen LogP contribution is 2.28. The van der Waals surface area contributed by atoms with Crippen LogP contribution < -0.4 is 24.4 Å².